The molecule has 0 radical (unpaired) electrons. The van der Waals surface area contributed by atoms with E-state index in [1.165, 1.54) is 0 Å². The lowest BCUT2D eigenvalue weighted by Gasteiger charge is -2.32. The Morgan fingerprint density at radius 3 is 2.67 bits per heavy atom. The molecule has 0 aromatic heterocycles. The molecule has 0 spiro atoms. The van der Waals surface area contributed by atoms with Crippen LogP contribution in [0.3, 0.4) is 0 Å². The number of hydrogen-bond donors (Lipinski definition) is 0. The summed E-state index contributed by atoms with van der Waals surface area (Å²) in [6.45, 7) is 8.32. The first kappa shape index (κ1) is 16.2. The minimum atomic E-state index is 0.364. The first-order valence-corrected chi connectivity index (χ1v) is 7.91. The predicted octanol–water partition coefficient (Wildman–Crippen LogP) is 2.21. The van der Waals surface area contributed by atoms with Crippen LogP contribution in [0.4, 0.5) is 0 Å². The Morgan fingerprint density at radius 2 is 2.00 bits per heavy atom. The van der Waals surface area contributed by atoms with Crippen LogP contribution in [0.1, 0.15) is 11.1 Å². The van der Waals surface area contributed by atoms with Gasteiger partial charge in [-0.3, -0.25) is 4.90 Å². The zero-order valence-electron chi connectivity index (χ0n) is 12.9. The summed E-state index contributed by atoms with van der Waals surface area (Å²) in [7, 11) is 2.17. The van der Waals surface area contributed by atoms with E-state index in [0.29, 0.717) is 5.88 Å². The van der Waals surface area contributed by atoms with Gasteiger partial charge in [-0.25, -0.2) is 0 Å². The Labute approximate surface area is 132 Å². The standard InChI is InChI=1S/C17H23ClN2O/c1-15-14-17(6-5-16(15)4-3-7-18)21-13-12-20-10-8-19(2)9-11-20/h5-6,14H,7-13H2,1-2H3. The molecule has 0 N–H and O–H groups in total. The maximum absolute atomic E-state index is 5.85. The highest BCUT2D eigenvalue weighted by Crippen LogP contribution is 2.16. The second-order valence-corrected chi connectivity index (χ2v) is 5.67. The minimum absolute atomic E-state index is 0.364. The van der Waals surface area contributed by atoms with Gasteiger partial charge in [-0.15, -0.1) is 11.6 Å². The van der Waals surface area contributed by atoms with Crippen LogP contribution in [-0.4, -0.2) is 62.1 Å². The molecule has 21 heavy (non-hydrogen) atoms. The number of hydrogen-bond acceptors (Lipinski definition) is 3. The smallest absolute Gasteiger partial charge is 0.119 e. The molecule has 1 fully saturated rings. The van der Waals surface area contributed by atoms with Gasteiger partial charge >= 0.3 is 0 Å². The van der Waals surface area contributed by atoms with Gasteiger partial charge in [0.1, 0.15) is 12.4 Å². The molecule has 1 aliphatic rings. The zero-order valence-corrected chi connectivity index (χ0v) is 13.6. The van der Waals surface area contributed by atoms with E-state index in [0.717, 1.165) is 56.2 Å². The second-order valence-electron chi connectivity index (χ2n) is 5.41. The van der Waals surface area contributed by atoms with Gasteiger partial charge < -0.3 is 9.64 Å². The molecule has 0 atom stereocenters. The summed E-state index contributed by atoms with van der Waals surface area (Å²) >= 11 is 5.58. The third kappa shape index (κ3) is 5.24. The van der Waals surface area contributed by atoms with E-state index in [2.05, 4.69) is 28.7 Å². The minimum Gasteiger partial charge on any atom is -0.492 e. The average molecular weight is 307 g/mol. The maximum atomic E-state index is 5.85. The SMILES string of the molecule is Cc1cc(OCCN2CCN(C)CC2)ccc1C#CCCl. The van der Waals surface area contributed by atoms with Crippen molar-refractivity contribution in [3.05, 3.63) is 29.3 Å². The van der Waals surface area contributed by atoms with Crippen molar-refractivity contribution in [1.82, 2.24) is 9.80 Å². The fourth-order valence-electron chi connectivity index (χ4n) is 2.36. The Balaban J connectivity index is 1.79. The molecule has 0 saturated carbocycles. The molecule has 0 bridgehead atoms. The number of rotatable bonds is 4. The molecule has 1 saturated heterocycles. The van der Waals surface area contributed by atoms with Crippen LogP contribution in [0.2, 0.25) is 0 Å². The normalized spacial score (nSPS) is 16.3. The summed E-state index contributed by atoms with van der Waals surface area (Å²) in [4.78, 5) is 4.81. The monoisotopic (exact) mass is 306 g/mol. The summed E-state index contributed by atoms with van der Waals surface area (Å²) in [6.07, 6.45) is 0. The van der Waals surface area contributed by atoms with Gasteiger partial charge in [0.15, 0.2) is 0 Å². The van der Waals surface area contributed by atoms with E-state index in [-0.39, 0.29) is 0 Å². The van der Waals surface area contributed by atoms with Gasteiger partial charge in [0.05, 0.1) is 5.88 Å². The number of piperazine rings is 1. The van der Waals surface area contributed by atoms with Crippen molar-refractivity contribution in [1.29, 1.82) is 0 Å². The Hall–Kier alpha value is -1.21. The van der Waals surface area contributed by atoms with Crippen LogP contribution in [0, 0.1) is 18.8 Å². The van der Waals surface area contributed by atoms with Crippen molar-refractivity contribution in [2.75, 3.05) is 52.3 Å². The summed E-state index contributed by atoms with van der Waals surface area (Å²) in [5, 5.41) is 0. The number of ether oxygens (including phenoxy) is 1. The van der Waals surface area contributed by atoms with Crippen LogP contribution >= 0.6 is 11.6 Å². The largest absolute Gasteiger partial charge is 0.492 e. The number of aryl methyl sites for hydroxylation is 1. The molecule has 1 heterocycles. The van der Waals surface area contributed by atoms with Crippen molar-refractivity contribution in [3.63, 3.8) is 0 Å². The first-order chi connectivity index (χ1) is 10.2. The van der Waals surface area contributed by atoms with Gasteiger partial charge in [0, 0.05) is 38.3 Å². The molecule has 114 valence electrons. The van der Waals surface area contributed by atoms with Crippen molar-refractivity contribution >= 4 is 11.6 Å². The van der Waals surface area contributed by atoms with E-state index in [1.807, 2.05) is 25.1 Å². The number of likely N-dealkylation sites (N-methyl/N-ethyl adjacent to an activating group) is 1. The van der Waals surface area contributed by atoms with Crippen LogP contribution < -0.4 is 4.74 Å². The summed E-state index contributed by atoms with van der Waals surface area (Å²) in [6, 6.07) is 6.03. The molecular formula is C17H23ClN2O. The lowest BCUT2D eigenvalue weighted by atomic mass is 10.1. The number of halogens is 1. The lowest BCUT2D eigenvalue weighted by molar-refractivity contribution is 0.133. The molecule has 2 rings (SSSR count). The summed E-state index contributed by atoms with van der Waals surface area (Å²) in [5.41, 5.74) is 2.15. The maximum Gasteiger partial charge on any atom is 0.119 e. The van der Waals surface area contributed by atoms with Crippen molar-refractivity contribution < 1.29 is 4.74 Å². The molecular weight excluding hydrogens is 284 g/mol. The Kier molecular flexibility index (Phi) is 6.38. The van der Waals surface area contributed by atoms with Crippen molar-refractivity contribution in [3.8, 4) is 17.6 Å². The van der Waals surface area contributed by atoms with Gasteiger partial charge in [-0.1, -0.05) is 11.8 Å². The van der Waals surface area contributed by atoms with Gasteiger partial charge in [0.2, 0.25) is 0 Å². The van der Waals surface area contributed by atoms with Gasteiger partial charge in [0.25, 0.3) is 0 Å². The number of benzene rings is 1. The molecule has 3 nitrogen and oxygen atoms in total. The Morgan fingerprint density at radius 1 is 1.24 bits per heavy atom. The fourth-order valence-corrected chi connectivity index (χ4v) is 2.43. The van der Waals surface area contributed by atoms with Gasteiger partial charge in [-0.2, -0.15) is 0 Å². The van der Waals surface area contributed by atoms with Crippen LogP contribution in [0.5, 0.6) is 5.75 Å². The average Bonchev–Trinajstić information content (AvgIpc) is 2.48. The third-order valence-electron chi connectivity index (χ3n) is 3.76. The van der Waals surface area contributed by atoms with Crippen molar-refractivity contribution in [2.24, 2.45) is 0 Å². The van der Waals surface area contributed by atoms with E-state index in [9.17, 15) is 0 Å². The van der Waals surface area contributed by atoms with Gasteiger partial charge in [-0.05, 0) is 37.7 Å². The fraction of sp³-hybridized carbons (Fsp3) is 0.529. The van der Waals surface area contributed by atoms with E-state index >= 15 is 0 Å². The van der Waals surface area contributed by atoms with E-state index in [1.54, 1.807) is 0 Å². The molecule has 1 aromatic rings. The predicted molar refractivity (Wildman–Crippen MR) is 88.2 cm³/mol. The summed E-state index contributed by atoms with van der Waals surface area (Å²) < 4.78 is 5.85. The third-order valence-corrected chi connectivity index (χ3v) is 3.89. The Bertz CT molecular complexity index is 513. The summed E-state index contributed by atoms with van der Waals surface area (Å²) in [5.74, 6) is 7.21. The molecule has 1 aliphatic heterocycles. The molecule has 4 heteroatoms. The number of nitrogens with zero attached hydrogens (tertiary/aromatic N) is 2. The zero-order chi connectivity index (χ0) is 15.1. The van der Waals surface area contributed by atoms with E-state index in [4.69, 9.17) is 16.3 Å². The molecule has 1 aromatic carbocycles. The first-order valence-electron chi connectivity index (χ1n) is 7.38. The highest BCUT2D eigenvalue weighted by Gasteiger charge is 2.13. The van der Waals surface area contributed by atoms with Crippen LogP contribution in [-0.2, 0) is 0 Å². The molecule has 0 aliphatic carbocycles. The second kappa shape index (κ2) is 8.29. The molecule has 0 amide bonds. The van der Waals surface area contributed by atoms with Crippen molar-refractivity contribution in [2.45, 2.75) is 6.92 Å². The number of alkyl halides is 1. The molecule has 0 unspecified atom stereocenters. The highest BCUT2D eigenvalue weighted by molar-refractivity contribution is 6.19. The van der Waals surface area contributed by atoms with Crippen LogP contribution in [0.25, 0.3) is 0 Å². The quantitative estimate of drug-likeness (QED) is 0.626. The lowest BCUT2D eigenvalue weighted by Crippen LogP contribution is -2.45. The van der Waals surface area contributed by atoms with E-state index < -0.39 is 0 Å². The topological polar surface area (TPSA) is 15.7 Å². The van der Waals surface area contributed by atoms with Crippen LogP contribution in [0.15, 0.2) is 18.2 Å². The highest BCUT2D eigenvalue weighted by atomic mass is 35.5.